The fourth-order valence-electron chi connectivity index (χ4n) is 5.19. The molecule has 0 spiro atoms. The molecule has 0 saturated carbocycles. The van der Waals surface area contributed by atoms with Gasteiger partial charge in [-0.25, -0.2) is 4.79 Å². The number of likely N-dealkylation sites (tertiary alicyclic amines) is 2. The van der Waals surface area contributed by atoms with Gasteiger partial charge in [0, 0.05) is 45.9 Å². The number of nitrogens with one attached hydrogen (secondary N) is 1. The summed E-state index contributed by atoms with van der Waals surface area (Å²) in [6.07, 6.45) is 2.25. The number of halogens is 1. The quantitative estimate of drug-likeness (QED) is 0.487. The first-order chi connectivity index (χ1) is 18.4. The molecule has 206 valence electrons. The maximum Gasteiger partial charge on any atom is 0.410 e. The van der Waals surface area contributed by atoms with E-state index >= 15 is 0 Å². The van der Waals surface area contributed by atoms with Crippen LogP contribution in [0.5, 0.6) is 5.75 Å². The largest absolute Gasteiger partial charge is 0.496 e. The van der Waals surface area contributed by atoms with Crippen LogP contribution in [0.15, 0.2) is 42.5 Å². The summed E-state index contributed by atoms with van der Waals surface area (Å²) in [5.41, 5.74) is 7.54. The Labute approximate surface area is 229 Å². The number of nitrogen functional groups attached to an aromatic ring is 1. The van der Waals surface area contributed by atoms with Gasteiger partial charge in [0.1, 0.15) is 12.4 Å². The predicted octanol–water partition coefficient (Wildman–Crippen LogP) is 3.80. The molecule has 0 aromatic heterocycles. The van der Waals surface area contributed by atoms with Crippen LogP contribution in [0, 0.1) is 5.92 Å². The third kappa shape index (κ3) is 7.09. The highest BCUT2D eigenvalue weighted by atomic mass is 35.5. The van der Waals surface area contributed by atoms with Crippen LogP contribution < -0.4 is 15.8 Å². The number of rotatable bonds is 8. The van der Waals surface area contributed by atoms with E-state index in [-0.39, 0.29) is 24.1 Å². The van der Waals surface area contributed by atoms with Gasteiger partial charge in [-0.15, -0.1) is 0 Å². The third-order valence-corrected chi connectivity index (χ3v) is 7.75. The first kappa shape index (κ1) is 28.0. The molecule has 0 bridgehead atoms. The Morgan fingerprint density at radius 2 is 1.82 bits per heavy atom. The summed E-state index contributed by atoms with van der Waals surface area (Å²) < 4.78 is 16.6. The summed E-state index contributed by atoms with van der Waals surface area (Å²) in [7, 11) is 3.17. The number of carbonyl (C=O) groups excluding carboxylic acids is 2. The summed E-state index contributed by atoms with van der Waals surface area (Å²) in [6, 6.07) is 12.7. The maximum atomic E-state index is 13.0. The van der Waals surface area contributed by atoms with Gasteiger partial charge in [-0.05, 0) is 36.8 Å². The third-order valence-electron chi connectivity index (χ3n) is 7.42. The van der Waals surface area contributed by atoms with Crippen molar-refractivity contribution in [2.75, 3.05) is 52.7 Å². The molecule has 2 aliphatic heterocycles. The molecule has 2 atom stereocenters. The molecule has 2 aromatic carbocycles. The van der Waals surface area contributed by atoms with Crippen molar-refractivity contribution >= 4 is 29.3 Å². The second-order valence-electron chi connectivity index (χ2n) is 9.95. The van der Waals surface area contributed by atoms with Crippen molar-refractivity contribution in [2.24, 2.45) is 5.92 Å². The summed E-state index contributed by atoms with van der Waals surface area (Å²) in [6.45, 7) is 4.20. The van der Waals surface area contributed by atoms with E-state index in [1.165, 1.54) is 13.2 Å². The van der Waals surface area contributed by atoms with Gasteiger partial charge in [0.2, 0.25) is 0 Å². The molecule has 38 heavy (non-hydrogen) atoms. The van der Waals surface area contributed by atoms with Crippen molar-refractivity contribution in [3.63, 3.8) is 0 Å². The monoisotopic (exact) mass is 544 g/mol. The standard InChI is InChI=1S/C28H37ClN4O5/c1-36-25-15-23(30)22(29)14-21(25)27(34)31-24-10-11-32(17-26(24)37-2)16-19-8-12-33(13-9-19)28(35)38-18-20-6-4-3-5-7-20/h3-7,14-15,19,24,26H,8-13,16-18,30H2,1-2H3,(H,31,34)/t24-,26+/m1/s1. The minimum Gasteiger partial charge on any atom is -0.496 e. The number of nitrogens with zero attached hydrogens (tertiary/aromatic N) is 2. The fraction of sp³-hybridized carbons (Fsp3) is 0.500. The average molecular weight is 545 g/mol. The highest BCUT2D eigenvalue weighted by Crippen LogP contribution is 2.29. The number of carbonyl (C=O) groups is 2. The Kier molecular flexibility index (Phi) is 9.71. The van der Waals surface area contributed by atoms with E-state index in [0.717, 1.165) is 44.5 Å². The summed E-state index contributed by atoms with van der Waals surface area (Å²) in [4.78, 5) is 29.7. The molecule has 2 heterocycles. The van der Waals surface area contributed by atoms with E-state index in [4.69, 9.17) is 31.5 Å². The zero-order valence-electron chi connectivity index (χ0n) is 22.0. The minimum absolute atomic E-state index is 0.133. The molecule has 2 fully saturated rings. The molecule has 0 unspecified atom stereocenters. The zero-order chi connectivity index (χ0) is 27.1. The topological polar surface area (TPSA) is 106 Å². The molecule has 10 heteroatoms. The van der Waals surface area contributed by atoms with Gasteiger partial charge in [-0.1, -0.05) is 41.9 Å². The first-order valence-corrected chi connectivity index (χ1v) is 13.4. The van der Waals surface area contributed by atoms with E-state index in [1.54, 1.807) is 18.1 Å². The Morgan fingerprint density at radius 3 is 2.50 bits per heavy atom. The fourth-order valence-corrected chi connectivity index (χ4v) is 5.35. The van der Waals surface area contributed by atoms with Crippen LogP contribution >= 0.6 is 11.6 Å². The van der Waals surface area contributed by atoms with Gasteiger partial charge in [0.25, 0.3) is 5.91 Å². The Morgan fingerprint density at radius 1 is 1.08 bits per heavy atom. The van der Waals surface area contributed by atoms with Crippen molar-refractivity contribution in [3.05, 3.63) is 58.6 Å². The molecule has 2 aromatic rings. The zero-order valence-corrected chi connectivity index (χ0v) is 22.8. The molecule has 0 radical (unpaired) electrons. The molecule has 4 rings (SSSR count). The summed E-state index contributed by atoms with van der Waals surface area (Å²) >= 11 is 6.14. The highest BCUT2D eigenvalue weighted by molar-refractivity contribution is 6.33. The van der Waals surface area contributed by atoms with Gasteiger partial charge in [-0.2, -0.15) is 0 Å². The minimum atomic E-state index is -0.268. The van der Waals surface area contributed by atoms with Crippen molar-refractivity contribution in [2.45, 2.75) is 38.0 Å². The molecule has 0 aliphatic carbocycles. The lowest BCUT2D eigenvalue weighted by Gasteiger charge is -2.40. The highest BCUT2D eigenvalue weighted by Gasteiger charge is 2.33. The normalized spacial score (nSPS) is 20.7. The summed E-state index contributed by atoms with van der Waals surface area (Å²) in [5.74, 6) is 0.611. The van der Waals surface area contributed by atoms with Gasteiger partial charge >= 0.3 is 6.09 Å². The van der Waals surface area contributed by atoms with E-state index in [9.17, 15) is 9.59 Å². The van der Waals surface area contributed by atoms with Crippen LogP contribution in [0.2, 0.25) is 5.02 Å². The molecule has 3 N–H and O–H groups in total. The van der Waals surface area contributed by atoms with E-state index < -0.39 is 0 Å². The van der Waals surface area contributed by atoms with Crippen molar-refractivity contribution < 1.29 is 23.8 Å². The van der Waals surface area contributed by atoms with Gasteiger partial charge in [-0.3, -0.25) is 4.79 Å². The lowest BCUT2D eigenvalue weighted by Crippen LogP contribution is -2.55. The van der Waals surface area contributed by atoms with E-state index in [1.807, 2.05) is 30.3 Å². The molecule has 9 nitrogen and oxygen atoms in total. The number of hydrogen-bond acceptors (Lipinski definition) is 7. The maximum absolute atomic E-state index is 13.0. The first-order valence-electron chi connectivity index (χ1n) is 13.0. The molecule has 2 aliphatic rings. The second kappa shape index (κ2) is 13.2. The SMILES string of the molecule is COc1cc(N)c(Cl)cc1C(=O)N[C@@H]1CCN(CC2CCN(C(=O)OCc3ccccc3)CC2)C[C@@H]1OC. The lowest BCUT2D eigenvalue weighted by atomic mass is 9.94. The predicted molar refractivity (Wildman–Crippen MR) is 146 cm³/mol. The number of anilines is 1. The van der Waals surface area contributed by atoms with Crippen molar-refractivity contribution in [1.82, 2.24) is 15.1 Å². The van der Waals surface area contributed by atoms with Gasteiger partial charge in [0.15, 0.2) is 0 Å². The van der Waals surface area contributed by atoms with Crippen LogP contribution in [0.4, 0.5) is 10.5 Å². The number of methoxy groups -OCH3 is 2. The Balaban J connectivity index is 1.23. The van der Waals surface area contributed by atoms with Crippen molar-refractivity contribution in [1.29, 1.82) is 0 Å². The molecule has 2 saturated heterocycles. The molecular formula is C28H37ClN4O5. The number of nitrogens with two attached hydrogens (primary N) is 1. The van der Waals surface area contributed by atoms with Crippen LogP contribution in [0.3, 0.4) is 0 Å². The van der Waals surface area contributed by atoms with Crippen LogP contribution in [0.1, 0.15) is 35.2 Å². The second-order valence-corrected chi connectivity index (χ2v) is 10.4. The smallest absolute Gasteiger partial charge is 0.410 e. The van der Waals surface area contributed by atoms with Gasteiger partial charge < -0.3 is 35.1 Å². The summed E-state index contributed by atoms with van der Waals surface area (Å²) in [5, 5.41) is 3.41. The van der Waals surface area contributed by atoms with E-state index in [2.05, 4.69) is 10.2 Å². The number of benzene rings is 2. The Bertz CT molecular complexity index is 1090. The number of amides is 2. The van der Waals surface area contributed by atoms with Gasteiger partial charge in [0.05, 0.1) is 35.5 Å². The molecular weight excluding hydrogens is 508 g/mol. The lowest BCUT2D eigenvalue weighted by molar-refractivity contribution is -0.00151. The Hall–Kier alpha value is -3.01. The number of hydrogen-bond donors (Lipinski definition) is 2. The van der Waals surface area contributed by atoms with Crippen LogP contribution in [0.25, 0.3) is 0 Å². The van der Waals surface area contributed by atoms with Crippen molar-refractivity contribution in [3.8, 4) is 5.75 Å². The van der Waals surface area contributed by atoms with Crippen LogP contribution in [-0.2, 0) is 16.1 Å². The molecule has 2 amide bonds. The average Bonchev–Trinajstić information content (AvgIpc) is 2.94. The number of piperidine rings is 2. The number of ether oxygens (including phenoxy) is 3. The van der Waals surface area contributed by atoms with E-state index in [0.29, 0.717) is 47.6 Å². The van der Waals surface area contributed by atoms with Crippen LogP contribution in [-0.4, -0.2) is 80.9 Å².